The number of fused-ring (bicyclic) bond motifs is 1. The minimum absolute atomic E-state index is 0.0193. The van der Waals surface area contributed by atoms with Crippen molar-refractivity contribution in [3.8, 4) is 11.3 Å². The lowest BCUT2D eigenvalue weighted by Gasteiger charge is -2.34. The second kappa shape index (κ2) is 8.83. The Kier molecular flexibility index (Phi) is 5.99. The molecule has 1 aliphatic heterocycles. The number of rotatable bonds is 5. The third kappa shape index (κ3) is 4.46. The number of hydrogen-bond donors (Lipinski definition) is 0. The lowest BCUT2D eigenvalue weighted by molar-refractivity contribution is -0.136. The number of carbonyl (C=O) groups is 2. The van der Waals surface area contributed by atoms with E-state index in [4.69, 9.17) is 4.42 Å². The molecule has 1 saturated heterocycles. The highest BCUT2D eigenvalue weighted by Gasteiger charge is 2.24. The molecule has 2 aromatic carbocycles. The largest absolute Gasteiger partial charge is 0.456 e. The lowest BCUT2D eigenvalue weighted by atomic mass is 10.1. The molecule has 1 aliphatic rings. The fraction of sp³-hybridized carbons (Fsp3) is 0.304. The van der Waals surface area contributed by atoms with Gasteiger partial charge in [-0.2, -0.15) is 0 Å². The van der Waals surface area contributed by atoms with E-state index in [1.54, 1.807) is 9.80 Å². The van der Waals surface area contributed by atoms with Crippen LogP contribution < -0.4 is 0 Å². The molecule has 0 aliphatic carbocycles. The molecule has 2 heterocycles. The summed E-state index contributed by atoms with van der Waals surface area (Å²) in [5.41, 5.74) is 2.59. The van der Waals surface area contributed by atoms with Gasteiger partial charge in [-0.05, 0) is 17.7 Å². The summed E-state index contributed by atoms with van der Waals surface area (Å²) in [4.78, 5) is 27.4. The maximum Gasteiger partial charge on any atom is 0.235 e. The van der Waals surface area contributed by atoms with Crippen molar-refractivity contribution < 1.29 is 18.2 Å². The molecule has 156 valence electrons. The first-order valence-corrected chi connectivity index (χ1v) is 11.4. The van der Waals surface area contributed by atoms with Gasteiger partial charge in [0.15, 0.2) is 0 Å². The van der Waals surface area contributed by atoms with Gasteiger partial charge in [-0.1, -0.05) is 42.5 Å². The van der Waals surface area contributed by atoms with E-state index < -0.39 is 10.8 Å². The van der Waals surface area contributed by atoms with E-state index in [9.17, 15) is 13.8 Å². The van der Waals surface area contributed by atoms with Crippen LogP contribution in [0.15, 0.2) is 59.0 Å². The third-order valence-corrected chi connectivity index (χ3v) is 6.59. The van der Waals surface area contributed by atoms with E-state index in [1.165, 1.54) is 6.92 Å². The predicted octanol–water partition coefficient (Wildman–Crippen LogP) is 3.04. The number of furan rings is 1. The predicted molar refractivity (Wildman–Crippen MR) is 117 cm³/mol. The van der Waals surface area contributed by atoms with Gasteiger partial charge in [0.25, 0.3) is 0 Å². The number of benzene rings is 2. The first-order chi connectivity index (χ1) is 14.5. The van der Waals surface area contributed by atoms with Gasteiger partial charge in [0, 0.05) is 60.6 Å². The van der Waals surface area contributed by atoms with Gasteiger partial charge in [-0.15, -0.1) is 0 Å². The Hall–Kier alpha value is -2.93. The molecule has 2 amide bonds. The summed E-state index contributed by atoms with van der Waals surface area (Å²) in [6.45, 7) is 3.58. The fourth-order valence-corrected chi connectivity index (χ4v) is 4.88. The van der Waals surface area contributed by atoms with Gasteiger partial charge < -0.3 is 14.2 Å². The molecule has 0 N–H and O–H groups in total. The second-order valence-electron chi connectivity index (χ2n) is 7.42. The SMILES string of the molecule is CC(=O)N1CCN(C(=O)CS(=O)Cc2ccccc2-c2cc3ccccc3o2)CC1. The number of hydrogen-bond acceptors (Lipinski definition) is 4. The van der Waals surface area contributed by atoms with Crippen LogP contribution in [0.3, 0.4) is 0 Å². The summed E-state index contributed by atoms with van der Waals surface area (Å²) in [5.74, 6) is 0.891. The molecule has 4 rings (SSSR count). The van der Waals surface area contributed by atoms with Crippen LogP contribution in [0.25, 0.3) is 22.3 Å². The van der Waals surface area contributed by atoms with Gasteiger partial charge in [0.1, 0.15) is 17.1 Å². The normalized spacial score (nSPS) is 15.4. The number of amides is 2. The molecular weight excluding hydrogens is 400 g/mol. The Balaban J connectivity index is 1.43. The molecule has 3 aromatic rings. The number of carbonyl (C=O) groups excluding carboxylic acids is 2. The van der Waals surface area contributed by atoms with E-state index in [2.05, 4.69) is 0 Å². The van der Waals surface area contributed by atoms with Crippen molar-refractivity contribution in [3.63, 3.8) is 0 Å². The van der Waals surface area contributed by atoms with Crippen molar-refractivity contribution in [1.29, 1.82) is 0 Å². The van der Waals surface area contributed by atoms with Gasteiger partial charge in [0.05, 0.1) is 0 Å². The molecule has 1 aromatic heterocycles. The van der Waals surface area contributed by atoms with E-state index in [-0.39, 0.29) is 23.3 Å². The van der Waals surface area contributed by atoms with Crippen molar-refractivity contribution >= 4 is 33.6 Å². The number of nitrogens with zero attached hydrogens (tertiary/aromatic N) is 2. The Labute approximate surface area is 177 Å². The zero-order valence-corrected chi connectivity index (χ0v) is 17.7. The zero-order valence-electron chi connectivity index (χ0n) is 16.9. The zero-order chi connectivity index (χ0) is 21.1. The number of piperazine rings is 1. The van der Waals surface area contributed by atoms with E-state index in [0.717, 1.165) is 27.9 Å². The number of para-hydroxylation sites is 1. The topological polar surface area (TPSA) is 70.8 Å². The minimum atomic E-state index is -1.34. The molecule has 0 saturated carbocycles. The molecule has 1 atom stereocenters. The molecular formula is C23H24N2O4S. The van der Waals surface area contributed by atoms with Crippen molar-refractivity contribution in [2.75, 3.05) is 31.9 Å². The van der Waals surface area contributed by atoms with Crippen LogP contribution in [-0.4, -0.2) is 57.8 Å². The maximum absolute atomic E-state index is 12.8. The summed E-state index contributed by atoms with van der Waals surface area (Å²) < 4.78 is 18.7. The summed E-state index contributed by atoms with van der Waals surface area (Å²) >= 11 is 0. The van der Waals surface area contributed by atoms with Gasteiger partial charge >= 0.3 is 0 Å². The van der Waals surface area contributed by atoms with Crippen LogP contribution >= 0.6 is 0 Å². The standard InChI is InChI=1S/C23H24N2O4S/c1-17(26)24-10-12-25(13-11-24)23(27)16-30(28)15-19-7-2-4-8-20(19)22-14-18-6-3-5-9-21(18)29-22/h2-9,14H,10-13,15-16H2,1H3. The molecule has 1 unspecified atom stereocenters. The first-order valence-electron chi connectivity index (χ1n) is 9.96. The Bertz CT molecular complexity index is 1070. The molecule has 7 heteroatoms. The summed E-state index contributed by atoms with van der Waals surface area (Å²) in [5, 5.41) is 1.02. The van der Waals surface area contributed by atoms with Gasteiger partial charge in [-0.25, -0.2) is 0 Å². The Morgan fingerprint density at radius 2 is 1.63 bits per heavy atom. The van der Waals surface area contributed by atoms with Crippen LogP contribution in [0.2, 0.25) is 0 Å². The molecule has 0 radical (unpaired) electrons. The van der Waals surface area contributed by atoms with Gasteiger partial charge in [0.2, 0.25) is 11.8 Å². The van der Waals surface area contributed by atoms with Crippen molar-refractivity contribution in [1.82, 2.24) is 9.80 Å². The summed E-state index contributed by atoms with van der Waals surface area (Å²) in [6.07, 6.45) is 0. The fourth-order valence-electron chi connectivity index (χ4n) is 3.73. The minimum Gasteiger partial charge on any atom is -0.456 e. The maximum atomic E-state index is 12.8. The van der Waals surface area contributed by atoms with Crippen molar-refractivity contribution in [2.45, 2.75) is 12.7 Å². The van der Waals surface area contributed by atoms with Gasteiger partial charge in [-0.3, -0.25) is 13.8 Å². The smallest absolute Gasteiger partial charge is 0.235 e. The Morgan fingerprint density at radius 3 is 2.37 bits per heavy atom. The highest BCUT2D eigenvalue weighted by atomic mass is 32.2. The molecule has 0 spiro atoms. The quantitative estimate of drug-likeness (QED) is 0.631. The summed E-state index contributed by atoms with van der Waals surface area (Å²) in [7, 11) is -1.34. The van der Waals surface area contributed by atoms with E-state index >= 15 is 0 Å². The average molecular weight is 425 g/mol. The van der Waals surface area contributed by atoms with Crippen LogP contribution in [0.1, 0.15) is 12.5 Å². The second-order valence-corrected chi connectivity index (χ2v) is 8.88. The van der Waals surface area contributed by atoms with E-state index in [1.807, 2.05) is 54.6 Å². The first kappa shape index (κ1) is 20.3. The Morgan fingerprint density at radius 1 is 0.967 bits per heavy atom. The van der Waals surface area contributed by atoms with Crippen LogP contribution in [0.5, 0.6) is 0 Å². The molecule has 30 heavy (non-hydrogen) atoms. The van der Waals surface area contributed by atoms with Crippen molar-refractivity contribution in [3.05, 3.63) is 60.2 Å². The van der Waals surface area contributed by atoms with Crippen molar-refractivity contribution in [2.24, 2.45) is 0 Å². The molecule has 0 bridgehead atoms. The van der Waals surface area contributed by atoms with Crippen LogP contribution in [0, 0.1) is 0 Å². The van der Waals surface area contributed by atoms with E-state index in [0.29, 0.717) is 26.2 Å². The highest BCUT2D eigenvalue weighted by molar-refractivity contribution is 7.84. The van der Waals surface area contributed by atoms with Crippen LogP contribution in [0.4, 0.5) is 0 Å². The molecule has 6 nitrogen and oxygen atoms in total. The average Bonchev–Trinajstić information content (AvgIpc) is 3.18. The summed E-state index contributed by atoms with van der Waals surface area (Å²) in [6, 6.07) is 17.5. The monoisotopic (exact) mass is 424 g/mol. The third-order valence-electron chi connectivity index (χ3n) is 5.39. The highest BCUT2D eigenvalue weighted by Crippen LogP contribution is 2.30. The lowest BCUT2D eigenvalue weighted by Crippen LogP contribution is -2.51. The molecule has 1 fully saturated rings. The van der Waals surface area contributed by atoms with Crippen LogP contribution in [-0.2, 0) is 26.1 Å².